The van der Waals surface area contributed by atoms with Crippen molar-refractivity contribution in [1.29, 1.82) is 0 Å². The van der Waals surface area contributed by atoms with Crippen LogP contribution in [0.1, 0.15) is 79.2 Å². The smallest absolute Gasteiger partial charge is 0.407 e. The monoisotopic (exact) mass is 501 g/mol. The van der Waals surface area contributed by atoms with E-state index in [9.17, 15) is 14.7 Å². The van der Waals surface area contributed by atoms with Gasteiger partial charge in [0, 0.05) is 18.6 Å². The van der Waals surface area contributed by atoms with Gasteiger partial charge in [0.05, 0.1) is 18.2 Å². The number of aliphatic hydroxyl groups is 1. The van der Waals surface area contributed by atoms with Crippen molar-refractivity contribution in [3.63, 3.8) is 0 Å². The molecule has 1 aromatic carbocycles. The van der Waals surface area contributed by atoms with Crippen LogP contribution in [0.3, 0.4) is 0 Å². The van der Waals surface area contributed by atoms with Crippen LogP contribution in [0.5, 0.6) is 0 Å². The number of nitrogens with one attached hydrogen (secondary N) is 2. The van der Waals surface area contributed by atoms with Crippen molar-refractivity contribution in [2.24, 2.45) is 11.8 Å². The number of rotatable bonds is 7. The molecule has 202 valence electrons. The van der Waals surface area contributed by atoms with Crippen molar-refractivity contribution < 1.29 is 19.4 Å². The van der Waals surface area contributed by atoms with Crippen molar-refractivity contribution >= 4 is 12.0 Å². The van der Waals surface area contributed by atoms with Gasteiger partial charge in [-0.1, -0.05) is 49.6 Å². The molecule has 3 N–H and O–H groups in total. The first-order valence-electron chi connectivity index (χ1n) is 13.6. The van der Waals surface area contributed by atoms with Gasteiger partial charge in [0.25, 0.3) is 0 Å². The van der Waals surface area contributed by atoms with E-state index in [0.717, 1.165) is 18.5 Å². The van der Waals surface area contributed by atoms with Gasteiger partial charge in [0.1, 0.15) is 5.60 Å². The highest BCUT2D eigenvalue weighted by atomic mass is 16.6. The summed E-state index contributed by atoms with van der Waals surface area (Å²) >= 11 is 0. The number of aliphatic hydroxyl groups excluding tert-OH is 1. The number of likely N-dealkylation sites (tertiary alicyclic amines) is 1. The third-order valence-corrected chi connectivity index (χ3v) is 7.19. The summed E-state index contributed by atoms with van der Waals surface area (Å²) in [5.74, 6) is 1.14. The molecule has 1 aromatic rings. The van der Waals surface area contributed by atoms with E-state index in [0.29, 0.717) is 24.8 Å². The van der Waals surface area contributed by atoms with E-state index < -0.39 is 23.8 Å². The summed E-state index contributed by atoms with van der Waals surface area (Å²) in [6, 6.07) is 9.01. The number of carbonyl (C=O) groups excluding carboxylic acids is 2. The molecule has 36 heavy (non-hydrogen) atoms. The second-order valence-electron chi connectivity index (χ2n) is 12.8. The van der Waals surface area contributed by atoms with Crippen LogP contribution >= 0.6 is 0 Å². The lowest BCUT2D eigenvalue weighted by Crippen LogP contribution is -2.60. The fourth-order valence-corrected chi connectivity index (χ4v) is 5.60. The molecule has 1 saturated carbocycles. The van der Waals surface area contributed by atoms with Crippen LogP contribution in [0.25, 0.3) is 0 Å². The van der Waals surface area contributed by atoms with Crippen LogP contribution in [-0.4, -0.2) is 64.4 Å². The predicted molar refractivity (Wildman–Crippen MR) is 143 cm³/mol. The van der Waals surface area contributed by atoms with E-state index in [2.05, 4.69) is 15.5 Å². The Hall–Kier alpha value is -2.12. The average molecular weight is 502 g/mol. The summed E-state index contributed by atoms with van der Waals surface area (Å²) < 4.78 is 5.49. The fraction of sp³-hybridized carbons (Fsp3) is 0.724. The molecular formula is C29H47N3O4. The molecule has 2 amide bonds. The molecule has 1 aliphatic carbocycles. The number of nitrogens with zero attached hydrogens (tertiary/aromatic N) is 1. The van der Waals surface area contributed by atoms with Gasteiger partial charge in [-0.15, -0.1) is 0 Å². The van der Waals surface area contributed by atoms with Crippen LogP contribution < -0.4 is 10.6 Å². The number of hydrogen-bond acceptors (Lipinski definition) is 5. The zero-order valence-electron chi connectivity index (χ0n) is 23.0. The van der Waals surface area contributed by atoms with Crippen molar-refractivity contribution in [2.45, 2.75) is 109 Å². The van der Waals surface area contributed by atoms with Crippen LogP contribution in [0.2, 0.25) is 0 Å². The van der Waals surface area contributed by atoms with Crippen LogP contribution in [0.15, 0.2) is 30.3 Å². The van der Waals surface area contributed by atoms with E-state index in [4.69, 9.17) is 4.74 Å². The van der Waals surface area contributed by atoms with E-state index in [1.165, 1.54) is 25.7 Å². The van der Waals surface area contributed by atoms with Crippen LogP contribution in [0, 0.1) is 11.8 Å². The molecule has 1 saturated heterocycles. The Morgan fingerprint density at radius 3 is 2.31 bits per heavy atom. The Morgan fingerprint density at radius 1 is 1.06 bits per heavy atom. The molecule has 1 heterocycles. The molecule has 7 heteroatoms. The second kappa shape index (κ2) is 12.0. The van der Waals surface area contributed by atoms with Crippen molar-refractivity contribution in [1.82, 2.24) is 15.5 Å². The normalized spacial score (nSPS) is 24.8. The Balaban J connectivity index is 1.78. The topological polar surface area (TPSA) is 90.9 Å². The van der Waals surface area contributed by atoms with Crippen molar-refractivity contribution in [3.8, 4) is 0 Å². The molecule has 3 rings (SSSR count). The summed E-state index contributed by atoms with van der Waals surface area (Å²) in [5, 5.41) is 17.5. The number of ether oxygens (including phenoxy) is 1. The number of hydrogen-bond donors (Lipinski definition) is 3. The number of amides is 2. The Bertz CT molecular complexity index is 862. The van der Waals surface area contributed by atoms with Crippen molar-refractivity contribution in [2.75, 3.05) is 13.1 Å². The number of piperidine rings is 1. The molecule has 2 aliphatic rings. The Kier molecular flexibility index (Phi) is 9.44. The third kappa shape index (κ3) is 8.77. The van der Waals surface area contributed by atoms with Crippen molar-refractivity contribution in [3.05, 3.63) is 35.9 Å². The van der Waals surface area contributed by atoms with Gasteiger partial charge < -0.3 is 20.5 Å². The van der Waals surface area contributed by atoms with Gasteiger partial charge in [-0.25, -0.2) is 4.79 Å². The van der Waals surface area contributed by atoms with E-state index >= 15 is 0 Å². The molecule has 0 spiro atoms. The lowest BCUT2D eigenvalue weighted by molar-refractivity contribution is -0.132. The molecule has 0 unspecified atom stereocenters. The summed E-state index contributed by atoms with van der Waals surface area (Å²) in [5.41, 5.74) is 0.0650. The minimum atomic E-state index is -0.859. The number of carbonyl (C=O) groups is 2. The fourth-order valence-electron chi connectivity index (χ4n) is 5.60. The lowest BCUT2D eigenvalue weighted by atomic mass is 9.72. The number of fused-ring (bicyclic) bond motifs is 1. The number of β-amino-alcohol motifs (C(OH)–C–C–N with tert-alkyl or cyclic N) is 1. The maximum absolute atomic E-state index is 13.4. The first kappa shape index (κ1) is 28.5. The predicted octanol–water partition coefficient (Wildman–Crippen LogP) is 4.28. The van der Waals surface area contributed by atoms with Gasteiger partial charge in [-0.3, -0.25) is 9.69 Å². The molecular weight excluding hydrogens is 454 g/mol. The molecule has 7 nitrogen and oxygen atoms in total. The Morgan fingerprint density at radius 2 is 1.69 bits per heavy atom. The standard InChI is InChI=1S/C29H47N3O4/c1-28(2,3)31-26(34)24-17-21-14-10-11-15-22(21)18-32(24)19-25(33)23(16-20-12-8-7-9-13-20)30-27(35)36-29(4,5)6/h7-9,12-13,21-25,33H,10-11,14-19H2,1-6H3,(H,30,35)(H,31,34)/t21-,22+,23-,24-,25+/m0/s1. The molecule has 1 aliphatic heterocycles. The highest BCUT2D eigenvalue weighted by Gasteiger charge is 2.41. The molecule has 5 atom stereocenters. The van der Waals surface area contributed by atoms with E-state index in [-0.39, 0.29) is 17.5 Å². The minimum absolute atomic E-state index is 0.0263. The largest absolute Gasteiger partial charge is 0.444 e. The highest BCUT2D eigenvalue weighted by Crippen LogP contribution is 2.39. The highest BCUT2D eigenvalue weighted by molar-refractivity contribution is 5.82. The number of alkyl carbamates (subject to hydrolysis) is 1. The van der Waals surface area contributed by atoms with Gasteiger partial charge in [-0.05, 0) is 78.2 Å². The second-order valence-corrected chi connectivity index (χ2v) is 12.8. The summed E-state index contributed by atoms with van der Waals surface area (Å²) in [7, 11) is 0. The van der Waals surface area contributed by atoms with E-state index in [1.54, 1.807) is 0 Å². The zero-order chi connectivity index (χ0) is 26.5. The van der Waals surface area contributed by atoms with E-state index in [1.807, 2.05) is 71.9 Å². The lowest BCUT2D eigenvalue weighted by Gasteiger charge is -2.47. The molecule has 0 aromatic heterocycles. The molecule has 2 fully saturated rings. The average Bonchev–Trinajstić information content (AvgIpc) is 2.76. The molecule has 0 bridgehead atoms. The maximum atomic E-state index is 13.4. The minimum Gasteiger partial charge on any atom is -0.444 e. The molecule has 0 radical (unpaired) electrons. The first-order valence-corrected chi connectivity index (χ1v) is 13.6. The number of benzene rings is 1. The van der Waals surface area contributed by atoms with Gasteiger partial charge in [0.2, 0.25) is 5.91 Å². The first-order chi connectivity index (χ1) is 16.8. The third-order valence-electron chi connectivity index (χ3n) is 7.19. The zero-order valence-corrected chi connectivity index (χ0v) is 23.0. The van der Waals surface area contributed by atoms with Gasteiger partial charge in [-0.2, -0.15) is 0 Å². The quantitative estimate of drug-likeness (QED) is 0.519. The van der Waals surface area contributed by atoms with Crippen LogP contribution in [0.4, 0.5) is 4.79 Å². The SMILES string of the molecule is CC(C)(C)NC(=O)[C@@H]1C[C@@H]2CCCC[C@@H]2CN1C[C@@H](O)[C@H](Cc1ccccc1)NC(=O)OC(C)(C)C. The van der Waals surface area contributed by atoms with Crippen LogP contribution in [-0.2, 0) is 16.0 Å². The van der Waals surface area contributed by atoms with Gasteiger partial charge >= 0.3 is 6.09 Å². The summed E-state index contributed by atoms with van der Waals surface area (Å²) in [4.78, 5) is 28.2. The summed E-state index contributed by atoms with van der Waals surface area (Å²) in [6.07, 6.45) is 4.70. The maximum Gasteiger partial charge on any atom is 0.407 e. The van der Waals surface area contributed by atoms with Gasteiger partial charge in [0.15, 0.2) is 0 Å². The Labute approximate surface area is 217 Å². The summed E-state index contributed by atoms with van der Waals surface area (Å²) in [6.45, 7) is 12.6.